The van der Waals surface area contributed by atoms with Gasteiger partial charge in [-0.05, 0) is 61.7 Å². The number of rotatable bonds is 9. The Balaban J connectivity index is 1.31. The average Bonchev–Trinajstić information content (AvgIpc) is 3.74. The van der Waals surface area contributed by atoms with E-state index in [1.54, 1.807) is 19.5 Å². The summed E-state index contributed by atoms with van der Waals surface area (Å²) < 4.78 is 7.24. The molecule has 9 heteroatoms. The second-order valence-electron chi connectivity index (χ2n) is 10.5. The third kappa shape index (κ3) is 5.57. The highest BCUT2D eigenvalue weighted by Crippen LogP contribution is 2.31. The molecular weight excluding hydrogens is 536 g/mol. The number of para-hydroxylation sites is 1. The lowest BCUT2D eigenvalue weighted by Crippen LogP contribution is -2.42. The summed E-state index contributed by atoms with van der Waals surface area (Å²) in [6.07, 6.45) is 8.17. The van der Waals surface area contributed by atoms with Crippen LogP contribution in [0, 0.1) is 6.92 Å². The summed E-state index contributed by atoms with van der Waals surface area (Å²) in [4.78, 5) is 28.5. The van der Waals surface area contributed by atoms with Gasteiger partial charge in [0.15, 0.2) is 11.6 Å². The number of aryl methyl sites for hydroxylation is 1. The zero-order valence-corrected chi connectivity index (χ0v) is 24.1. The number of carbonyl (C=O) groups is 1. The van der Waals surface area contributed by atoms with Crippen LogP contribution in [0.1, 0.15) is 36.9 Å². The van der Waals surface area contributed by atoms with Crippen LogP contribution in [0.5, 0.6) is 5.75 Å². The summed E-state index contributed by atoms with van der Waals surface area (Å²) in [5.41, 5.74) is 4.88. The second-order valence-corrected chi connectivity index (χ2v) is 11.0. The molecule has 41 heavy (non-hydrogen) atoms. The Hall–Kier alpha value is -4.17. The van der Waals surface area contributed by atoms with Gasteiger partial charge in [0.25, 0.3) is 0 Å². The van der Waals surface area contributed by atoms with Crippen molar-refractivity contribution in [2.45, 2.75) is 51.6 Å². The highest BCUT2D eigenvalue weighted by molar-refractivity contribution is 6.32. The molecule has 1 aliphatic rings. The van der Waals surface area contributed by atoms with E-state index >= 15 is 0 Å². The fourth-order valence-corrected chi connectivity index (χ4v) is 6.14. The quantitative estimate of drug-likeness (QED) is 0.220. The molecule has 0 saturated heterocycles. The van der Waals surface area contributed by atoms with Crippen molar-refractivity contribution in [1.29, 1.82) is 0 Å². The summed E-state index contributed by atoms with van der Waals surface area (Å²) in [6, 6.07) is 17.8. The Kier molecular flexibility index (Phi) is 7.74. The van der Waals surface area contributed by atoms with Crippen LogP contribution in [0.3, 0.4) is 0 Å². The first kappa shape index (κ1) is 27.0. The first-order valence-electron chi connectivity index (χ1n) is 14.1. The van der Waals surface area contributed by atoms with E-state index in [1.807, 2.05) is 54.1 Å². The van der Waals surface area contributed by atoms with Crippen LogP contribution in [0.15, 0.2) is 67.0 Å². The third-order valence-electron chi connectivity index (χ3n) is 8.01. The smallest absolute Gasteiger partial charge is 0.227 e. The molecule has 3 aromatic heterocycles. The molecule has 1 fully saturated rings. The van der Waals surface area contributed by atoms with Gasteiger partial charge in [-0.2, -0.15) is 5.10 Å². The van der Waals surface area contributed by atoms with Crippen LogP contribution in [-0.2, 0) is 17.8 Å². The van der Waals surface area contributed by atoms with Crippen molar-refractivity contribution in [2.24, 2.45) is 0 Å². The lowest BCUT2D eigenvalue weighted by Gasteiger charge is -2.29. The maximum absolute atomic E-state index is 13.9. The second kappa shape index (κ2) is 11.7. The number of pyridine rings is 1. The van der Waals surface area contributed by atoms with Crippen molar-refractivity contribution >= 4 is 28.4 Å². The molecule has 0 aliphatic heterocycles. The van der Waals surface area contributed by atoms with Gasteiger partial charge < -0.3 is 14.6 Å². The summed E-state index contributed by atoms with van der Waals surface area (Å²) >= 11 is 6.49. The van der Waals surface area contributed by atoms with E-state index in [0.717, 1.165) is 59.0 Å². The molecule has 6 rings (SSSR count). The third-order valence-corrected chi connectivity index (χ3v) is 8.31. The van der Waals surface area contributed by atoms with E-state index in [2.05, 4.69) is 27.0 Å². The van der Waals surface area contributed by atoms with Crippen molar-refractivity contribution in [3.05, 3.63) is 83.3 Å². The SMILES string of the molecule is COc1ccc(-c2nc(-c3ccncc3)nn2CCN(C(=O)Cc2c(C)[nH]c3ccccc23)C2CCCC2)cc1Cl. The highest BCUT2D eigenvalue weighted by atomic mass is 35.5. The van der Waals surface area contributed by atoms with Gasteiger partial charge in [-0.3, -0.25) is 9.78 Å². The van der Waals surface area contributed by atoms with Gasteiger partial charge in [0.05, 0.1) is 25.1 Å². The van der Waals surface area contributed by atoms with Gasteiger partial charge in [0, 0.05) is 52.7 Å². The molecule has 1 amide bonds. The molecule has 2 aromatic carbocycles. The molecule has 0 bridgehead atoms. The number of H-pyrrole nitrogens is 1. The van der Waals surface area contributed by atoms with Crippen LogP contribution in [0.25, 0.3) is 33.7 Å². The number of aromatic amines is 1. The highest BCUT2D eigenvalue weighted by Gasteiger charge is 2.28. The number of hydrogen-bond acceptors (Lipinski definition) is 5. The lowest BCUT2D eigenvalue weighted by atomic mass is 10.1. The number of nitrogens with zero attached hydrogens (tertiary/aromatic N) is 5. The van der Waals surface area contributed by atoms with E-state index in [1.165, 1.54) is 0 Å². The van der Waals surface area contributed by atoms with E-state index in [9.17, 15) is 4.79 Å². The standard InChI is InChI=1S/C32H33ClN6O2/c1-21-26(25-9-5-6-10-28(25)35-21)20-30(40)38(24-7-3-4-8-24)17-18-39-32(23-11-12-29(41-2)27(33)19-23)36-31(37-39)22-13-15-34-16-14-22/h5-6,9-16,19,24,35H,3-4,7-8,17-18,20H2,1-2H3. The zero-order valence-electron chi connectivity index (χ0n) is 23.3. The predicted molar refractivity (Wildman–Crippen MR) is 161 cm³/mol. The molecule has 1 N–H and O–H groups in total. The van der Waals surface area contributed by atoms with E-state index in [-0.39, 0.29) is 11.9 Å². The number of hydrogen-bond donors (Lipinski definition) is 1. The molecule has 1 aliphatic carbocycles. The van der Waals surface area contributed by atoms with Gasteiger partial charge in [0.2, 0.25) is 5.91 Å². The molecule has 0 atom stereocenters. The summed E-state index contributed by atoms with van der Waals surface area (Å²) in [5, 5.41) is 6.49. The fraction of sp³-hybridized carbons (Fsp3) is 0.312. The minimum Gasteiger partial charge on any atom is -0.495 e. The van der Waals surface area contributed by atoms with E-state index < -0.39 is 0 Å². The Morgan fingerprint density at radius 3 is 2.63 bits per heavy atom. The van der Waals surface area contributed by atoms with Gasteiger partial charge >= 0.3 is 0 Å². The van der Waals surface area contributed by atoms with Crippen molar-refractivity contribution in [1.82, 2.24) is 29.6 Å². The molecule has 8 nitrogen and oxygen atoms in total. The Bertz CT molecular complexity index is 1670. The Morgan fingerprint density at radius 1 is 1.10 bits per heavy atom. The van der Waals surface area contributed by atoms with E-state index in [4.69, 9.17) is 26.4 Å². The van der Waals surface area contributed by atoms with Crippen molar-refractivity contribution in [3.63, 3.8) is 0 Å². The Labute approximate surface area is 244 Å². The first-order valence-corrected chi connectivity index (χ1v) is 14.4. The van der Waals surface area contributed by atoms with Gasteiger partial charge in [-0.25, -0.2) is 9.67 Å². The van der Waals surface area contributed by atoms with Crippen LogP contribution >= 0.6 is 11.6 Å². The normalized spacial score (nSPS) is 13.6. The van der Waals surface area contributed by atoms with Crippen molar-refractivity contribution in [2.75, 3.05) is 13.7 Å². The summed E-state index contributed by atoms with van der Waals surface area (Å²) in [7, 11) is 1.59. The maximum atomic E-state index is 13.9. The predicted octanol–water partition coefficient (Wildman–Crippen LogP) is 6.47. The molecule has 1 saturated carbocycles. The largest absolute Gasteiger partial charge is 0.495 e. The molecule has 0 spiro atoms. The first-order chi connectivity index (χ1) is 20.0. The molecule has 210 valence electrons. The topological polar surface area (TPSA) is 88.9 Å². The van der Waals surface area contributed by atoms with Crippen LogP contribution in [0.2, 0.25) is 5.02 Å². The number of carbonyl (C=O) groups excluding carboxylic acids is 1. The molecule has 0 radical (unpaired) electrons. The molecular formula is C32H33ClN6O2. The van der Waals surface area contributed by atoms with Gasteiger partial charge in [-0.1, -0.05) is 42.6 Å². The number of methoxy groups -OCH3 is 1. The van der Waals surface area contributed by atoms with E-state index in [0.29, 0.717) is 41.9 Å². The lowest BCUT2D eigenvalue weighted by molar-refractivity contribution is -0.132. The van der Waals surface area contributed by atoms with Crippen molar-refractivity contribution < 1.29 is 9.53 Å². The number of ether oxygens (including phenoxy) is 1. The number of benzene rings is 2. The number of amides is 1. The van der Waals surface area contributed by atoms with Gasteiger partial charge in [0.1, 0.15) is 5.75 Å². The minimum atomic E-state index is 0.147. The monoisotopic (exact) mass is 568 g/mol. The average molecular weight is 569 g/mol. The molecule has 3 heterocycles. The Morgan fingerprint density at radius 2 is 1.88 bits per heavy atom. The minimum absolute atomic E-state index is 0.147. The number of halogens is 1. The number of nitrogens with one attached hydrogen (secondary N) is 1. The number of fused-ring (bicyclic) bond motifs is 1. The van der Waals surface area contributed by atoms with Crippen LogP contribution in [-0.4, -0.2) is 55.2 Å². The van der Waals surface area contributed by atoms with Gasteiger partial charge in [-0.15, -0.1) is 0 Å². The molecule has 0 unspecified atom stereocenters. The van der Waals surface area contributed by atoms with Crippen LogP contribution < -0.4 is 4.74 Å². The summed E-state index contributed by atoms with van der Waals surface area (Å²) in [6.45, 7) is 3.10. The van der Waals surface area contributed by atoms with Crippen molar-refractivity contribution in [3.8, 4) is 28.5 Å². The number of aromatic nitrogens is 5. The maximum Gasteiger partial charge on any atom is 0.227 e. The summed E-state index contributed by atoms with van der Waals surface area (Å²) in [5.74, 6) is 2.03. The van der Waals surface area contributed by atoms with Crippen LogP contribution in [0.4, 0.5) is 0 Å². The fourth-order valence-electron chi connectivity index (χ4n) is 5.88. The molecule has 5 aromatic rings. The zero-order chi connectivity index (χ0) is 28.3.